The molecule has 3 rings (SSSR count). The average Bonchev–Trinajstić information content (AvgIpc) is 3.01. The first-order chi connectivity index (χ1) is 11.8. The molecule has 0 bridgehead atoms. The second-order valence-corrected chi connectivity index (χ2v) is 6.09. The van der Waals surface area contributed by atoms with Crippen molar-refractivity contribution in [2.45, 2.75) is 26.4 Å². The molecule has 0 aliphatic rings. The molecule has 0 saturated heterocycles. The van der Waals surface area contributed by atoms with Crippen LogP contribution >= 0.6 is 12.6 Å². The summed E-state index contributed by atoms with van der Waals surface area (Å²) in [6.07, 6.45) is 2.14. The van der Waals surface area contributed by atoms with Crippen LogP contribution in [0.4, 0.5) is 0 Å². The van der Waals surface area contributed by atoms with E-state index in [1.165, 1.54) is 5.56 Å². The van der Waals surface area contributed by atoms with Crippen molar-refractivity contribution < 1.29 is 9.15 Å². The highest BCUT2D eigenvalue weighted by Crippen LogP contribution is 2.22. The normalized spacial score (nSPS) is 10.8. The van der Waals surface area contributed by atoms with E-state index in [1.807, 2.05) is 49.4 Å². The Labute approximate surface area is 148 Å². The molecule has 0 atom stereocenters. The molecule has 0 saturated carbocycles. The summed E-state index contributed by atoms with van der Waals surface area (Å²) < 4.78 is 11.6. The molecule has 0 N–H and O–H groups in total. The fourth-order valence-electron chi connectivity index (χ4n) is 2.45. The third kappa shape index (κ3) is 4.20. The van der Waals surface area contributed by atoms with Crippen LogP contribution in [0.2, 0.25) is 0 Å². The van der Waals surface area contributed by atoms with Crippen LogP contribution in [0, 0.1) is 6.92 Å². The zero-order chi connectivity index (χ0) is 16.8. The summed E-state index contributed by atoms with van der Waals surface area (Å²) in [6, 6.07) is 18.1. The quantitative estimate of drug-likeness (QED) is 0.609. The number of hydrogen-bond donors (Lipinski definition) is 1. The lowest BCUT2D eigenvalue weighted by atomic mass is 10.1. The smallest absolute Gasteiger partial charge is 0.226 e. The maximum Gasteiger partial charge on any atom is 0.226 e. The van der Waals surface area contributed by atoms with Gasteiger partial charge in [0, 0.05) is 5.56 Å². The zero-order valence-electron chi connectivity index (χ0n) is 13.7. The van der Waals surface area contributed by atoms with Crippen LogP contribution in [0.3, 0.4) is 0 Å². The van der Waals surface area contributed by atoms with E-state index >= 15 is 0 Å². The molecule has 2 aromatic carbocycles. The maximum absolute atomic E-state index is 5.84. The van der Waals surface area contributed by atoms with Gasteiger partial charge in [-0.1, -0.05) is 30.3 Å². The summed E-state index contributed by atoms with van der Waals surface area (Å²) in [5.74, 6) is 3.18. The van der Waals surface area contributed by atoms with Gasteiger partial charge in [0.05, 0.1) is 0 Å². The second-order valence-electron chi connectivity index (χ2n) is 5.65. The molecular weight excluding hydrogens is 318 g/mol. The monoisotopic (exact) mass is 339 g/mol. The Balaban J connectivity index is 1.63. The Morgan fingerprint density at radius 2 is 1.79 bits per heavy atom. The van der Waals surface area contributed by atoms with E-state index in [0.717, 1.165) is 41.4 Å². The number of aryl methyl sites for hydroxylation is 2. The summed E-state index contributed by atoms with van der Waals surface area (Å²) in [5, 5.41) is 0. The van der Waals surface area contributed by atoms with Gasteiger partial charge < -0.3 is 9.15 Å². The van der Waals surface area contributed by atoms with Gasteiger partial charge in [0.25, 0.3) is 0 Å². The minimum Gasteiger partial charge on any atom is -0.487 e. The van der Waals surface area contributed by atoms with Gasteiger partial charge in [-0.15, -0.1) is 0 Å². The van der Waals surface area contributed by atoms with Crippen molar-refractivity contribution >= 4 is 12.6 Å². The van der Waals surface area contributed by atoms with Gasteiger partial charge in [-0.25, -0.2) is 4.98 Å². The van der Waals surface area contributed by atoms with E-state index < -0.39 is 0 Å². The van der Waals surface area contributed by atoms with Gasteiger partial charge in [0.1, 0.15) is 23.8 Å². The highest BCUT2D eigenvalue weighted by Gasteiger charge is 2.11. The topological polar surface area (TPSA) is 35.3 Å². The van der Waals surface area contributed by atoms with Crippen molar-refractivity contribution in [3.05, 3.63) is 71.6 Å². The molecule has 0 aliphatic heterocycles. The summed E-state index contributed by atoms with van der Waals surface area (Å²) in [7, 11) is 0. The lowest BCUT2D eigenvalue weighted by Crippen LogP contribution is -1.98. The predicted molar refractivity (Wildman–Crippen MR) is 99.6 cm³/mol. The number of rotatable bonds is 7. The first kappa shape index (κ1) is 16.7. The number of thiol groups is 1. The van der Waals surface area contributed by atoms with Gasteiger partial charge in [0.2, 0.25) is 5.89 Å². The SMILES string of the molecule is Cc1oc(-c2ccccc2)nc1COc1ccc(CCCS)cc1. The van der Waals surface area contributed by atoms with Crippen molar-refractivity contribution in [1.29, 1.82) is 0 Å². The molecule has 0 fully saturated rings. The lowest BCUT2D eigenvalue weighted by molar-refractivity contribution is 0.299. The average molecular weight is 339 g/mol. The van der Waals surface area contributed by atoms with Crippen LogP contribution in [0.15, 0.2) is 59.0 Å². The largest absolute Gasteiger partial charge is 0.487 e. The van der Waals surface area contributed by atoms with E-state index in [1.54, 1.807) is 0 Å². The Kier molecular flexibility index (Phi) is 5.59. The lowest BCUT2D eigenvalue weighted by Gasteiger charge is -2.06. The van der Waals surface area contributed by atoms with E-state index in [-0.39, 0.29) is 0 Å². The first-order valence-corrected chi connectivity index (χ1v) is 8.74. The number of oxazole rings is 1. The number of aromatic nitrogens is 1. The van der Waals surface area contributed by atoms with Gasteiger partial charge in [-0.3, -0.25) is 0 Å². The molecule has 124 valence electrons. The molecule has 1 heterocycles. The second kappa shape index (κ2) is 8.06. The number of hydrogen-bond acceptors (Lipinski definition) is 4. The molecule has 3 nitrogen and oxygen atoms in total. The fourth-order valence-corrected chi connectivity index (χ4v) is 2.61. The van der Waals surface area contributed by atoms with Crippen molar-refractivity contribution in [1.82, 2.24) is 4.98 Å². The van der Waals surface area contributed by atoms with Gasteiger partial charge >= 0.3 is 0 Å². The van der Waals surface area contributed by atoms with Crippen LogP contribution in [0.5, 0.6) is 5.75 Å². The van der Waals surface area contributed by atoms with E-state index in [2.05, 4.69) is 29.7 Å². The Morgan fingerprint density at radius 1 is 1.04 bits per heavy atom. The van der Waals surface area contributed by atoms with Gasteiger partial charge in [-0.2, -0.15) is 12.6 Å². The third-order valence-electron chi connectivity index (χ3n) is 3.84. The Morgan fingerprint density at radius 3 is 2.50 bits per heavy atom. The molecular formula is C20H21NO2S. The minimum atomic E-state index is 0.401. The molecule has 0 radical (unpaired) electrons. The van der Waals surface area contributed by atoms with Crippen molar-refractivity contribution in [2.75, 3.05) is 5.75 Å². The van der Waals surface area contributed by atoms with E-state index in [9.17, 15) is 0 Å². The van der Waals surface area contributed by atoms with Crippen LogP contribution < -0.4 is 4.74 Å². The standard InChI is InChI=1S/C20H21NO2S/c1-15-19(21-20(23-15)17-7-3-2-4-8-17)14-22-18-11-9-16(10-12-18)6-5-13-24/h2-4,7-12,24H,5-6,13-14H2,1H3. The fraction of sp³-hybridized carbons (Fsp3) is 0.250. The van der Waals surface area contributed by atoms with E-state index in [4.69, 9.17) is 9.15 Å². The third-order valence-corrected chi connectivity index (χ3v) is 4.15. The highest BCUT2D eigenvalue weighted by atomic mass is 32.1. The van der Waals surface area contributed by atoms with Crippen LogP contribution in [-0.4, -0.2) is 10.7 Å². The minimum absolute atomic E-state index is 0.401. The number of benzene rings is 2. The Bertz CT molecular complexity index is 766. The van der Waals surface area contributed by atoms with E-state index in [0.29, 0.717) is 12.5 Å². The highest BCUT2D eigenvalue weighted by molar-refractivity contribution is 7.80. The molecule has 0 unspecified atom stereocenters. The molecule has 24 heavy (non-hydrogen) atoms. The van der Waals surface area contributed by atoms with Crippen LogP contribution in [0.25, 0.3) is 11.5 Å². The predicted octanol–water partition coefficient (Wildman–Crippen LogP) is 5.09. The van der Waals surface area contributed by atoms with Crippen molar-refractivity contribution in [3.8, 4) is 17.2 Å². The number of nitrogens with zero attached hydrogens (tertiary/aromatic N) is 1. The van der Waals surface area contributed by atoms with Gasteiger partial charge in [-0.05, 0) is 55.3 Å². The van der Waals surface area contributed by atoms with Crippen molar-refractivity contribution in [3.63, 3.8) is 0 Å². The molecule has 3 aromatic rings. The summed E-state index contributed by atoms with van der Waals surface area (Å²) >= 11 is 4.24. The Hall–Kier alpha value is -2.20. The van der Waals surface area contributed by atoms with Crippen LogP contribution in [-0.2, 0) is 13.0 Å². The zero-order valence-corrected chi connectivity index (χ0v) is 14.6. The molecule has 1 aromatic heterocycles. The summed E-state index contributed by atoms with van der Waals surface area (Å²) in [4.78, 5) is 4.55. The molecule has 4 heteroatoms. The van der Waals surface area contributed by atoms with Gasteiger partial charge in [0.15, 0.2) is 0 Å². The first-order valence-electron chi connectivity index (χ1n) is 8.10. The van der Waals surface area contributed by atoms with Crippen molar-refractivity contribution in [2.24, 2.45) is 0 Å². The summed E-state index contributed by atoms with van der Waals surface area (Å²) in [5.41, 5.74) is 3.11. The summed E-state index contributed by atoms with van der Waals surface area (Å²) in [6.45, 7) is 2.32. The number of ether oxygens (including phenoxy) is 1. The molecule has 0 spiro atoms. The molecule has 0 amide bonds. The molecule has 0 aliphatic carbocycles. The van der Waals surface area contributed by atoms with Crippen LogP contribution in [0.1, 0.15) is 23.4 Å². The maximum atomic E-state index is 5.84.